The van der Waals surface area contributed by atoms with E-state index in [2.05, 4.69) is 21.3 Å². The lowest BCUT2D eigenvalue weighted by molar-refractivity contribution is 0.563. The number of thiazole rings is 1. The fraction of sp³-hybridized carbons (Fsp3) is 0. The largest absolute Gasteiger partial charge is 0.422 e. The van der Waals surface area contributed by atoms with Crippen LogP contribution in [-0.2, 0) is 0 Å². The summed E-state index contributed by atoms with van der Waals surface area (Å²) in [5.74, 6) is 0. The standard InChI is InChI=1S/C28H16N4O2S/c29-14-19(12-20-15-30-32-26(20)18-7-2-1-3-8-18)27-31-24(16-35-27)23-13-22-21-9-5-4-6-17(21)10-11-25(22)34-28(23)33/h1-13,15-16H,(H,30,32). The highest BCUT2D eigenvalue weighted by atomic mass is 32.1. The molecular formula is C28H16N4O2S. The van der Waals surface area contributed by atoms with E-state index in [-0.39, 0.29) is 0 Å². The van der Waals surface area contributed by atoms with Crippen LogP contribution in [0.2, 0.25) is 0 Å². The molecule has 3 aromatic carbocycles. The maximum Gasteiger partial charge on any atom is 0.345 e. The molecule has 3 heterocycles. The van der Waals surface area contributed by atoms with E-state index in [0.29, 0.717) is 27.4 Å². The Hall–Kier alpha value is -4.80. The second-order valence-corrected chi connectivity index (χ2v) is 8.78. The number of nitrogens with zero attached hydrogens (tertiary/aromatic N) is 3. The number of hydrogen-bond acceptors (Lipinski definition) is 6. The summed E-state index contributed by atoms with van der Waals surface area (Å²) in [4.78, 5) is 17.4. The lowest BCUT2D eigenvalue weighted by atomic mass is 10.0. The monoisotopic (exact) mass is 472 g/mol. The molecule has 0 radical (unpaired) electrons. The van der Waals surface area contributed by atoms with Crippen LogP contribution in [0.1, 0.15) is 10.6 Å². The van der Waals surface area contributed by atoms with Gasteiger partial charge in [0.25, 0.3) is 0 Å². The van der Waals surface area contributed by atoms with Crippen molar-refractivity contribution in [1.82, 2.24) is 15.2 Å². The van der Waals surface area contributed by atoms with Gasteiger partial charge in [0.1, 0.15) is 16.7 Å². The van der Waals surface area contributed by atoms with Gasteiger partial charge in [0.2, 0.25) is 0 Å². The van der Waals surface area contributed by atoms with Gasteiger partial charge >= 0.3 is 5.63 Å². The van der Waals surface area contributed by atoms with Crippen molar-refractivity contribution in [3.8, 4) is 28.6 Å². The zero-order valence-corrected chi connectivity index (χ0v) is 19.0. The Kier molecular flexibility index (Phi) is 5.06. The van der Waals surface area contributed by atoms with Gasteiger partial charge in [0, 0.05) is 21.9 Å². The third kappa shape index (κ3) is 3.72. The van der Waals surface area contributed by atoms with E-state index in [4.69, 9.17) is 4.42 Å². The molecule has 0 fully saturated rings. The average Bonchev–Trinajstić information content (AvgIpc) is 3.57. The molecule has 35 heavy (non-hydrogen) atoms. The molecule has 0 spiro atoms. The zero-order valence-electron chi connectivity index (χ0n) is 18.2. The van der Waals surface area contributed by atoms with Crippen molar-refractivity contribution in [2.45, 2.75) is 0 Å². The Morgan fingerprint density at radius 3 is 2.71 bits per heavy atom. The van der Waals surface area contributed by atoms with Crippen LogP contribution in [0, 0.1) is 11.3 Å². The topological polar surface area (TPSA) is 95.6 Å². The molecule has 6 aromatic rings. The smallest absolute Gasteiger partial charge is 0.345 e. The van der Waals surface area contributed by atoms with Gasteiger partial charge in [-0.25, -0.2) is 9.78 Å². The first-order chi connectivity index (χ1) is 17.2. The van der Waals surface area contributed by atoms with Crippen LogP contribution < -0.4 is 5.63 Å². The average molecular weight is 473 g/mol. The molecule has 0 aliphatic rings. The highest BCUT2D eigenvalue weighted by molar-refractivity contribution is 7.11. The Bertz CT molecular complexity index is 1840. The van der Waals surface area contributed by atoms with Gasteiger partial charge in [-0.15, -0.1) is 11.3 Å². The number of hydrogen-bond donors (Lipinski definition) is 1. The van der Waals surface area contributed by atoms with E-state index in [9.17, 15) is 10.1 Å². The van der Waals surface area contributed by atoms with Crippen molar-refractivity contribution >= 4 is 44.7 Å². The lowest BCUT2D eigenvalue weighted by Gasteiger charge is -2.04. The van der Waals surface area contributed by atoms with E-state index in [1.807, 2.05) is 66.7 Å². The van der Waals surface area contributed by atoms with Crippen LogP contribution in [-0.4, -0.2) is 15.2 Å². The molecule has 0 saturated carbocycles. The Morgan fingerprint density at radius 2 is 1.86 bits per heavy atom. The van der Waals surface area contributed by atoms with Gasteiger partial charge in [0.05, 0.1) is 28.7 Å². The summed E-state index contributed by atoms with van der Waals surface area (Å²) in [6.07, 6.45) is 3.43. The van der Waals surface area contributed by atoms with E-state index in [0.717, 1.165) is 33.0 Å². The molecule has 0 bridgehead atoms. The Morgan fingerprint density at radius 1 is 1.03 bits per heavy atom. The molecule has 1 N–H and O–H groups in total. The number of rotatable bonds is 4. The van der Waals surface area contributed by atoms with Gasteiger partial charge < -0.3 is 4.42 Å². The predicted molar refractivity (Wildman–Crippen MR) is 139 cm³/mol. The zero-order chi connectivity index (χ0) is 23.8. The maximum atomic E-state index is 12.8. The third-order valence-corrected chi connectivity index (χ3v) is 6.68. The number of aromatic nitrogens is 3. The third-order valence-electron chi connectivity index (χ3n) is 5.80. The minimum atomic E-state index is -0.465. The van der Waals surface area contributed by atoms with Gasteiger partial charge in [-0.05, 0) is 29.0 Å². The van der Waals surface area contributed by atoms with Crippen LogP contribution in [0.25, 0.3) is 55.9 Å². The second-order valence-electron chi connectivity index (χ2n) is 7.92. The van der Waals surface area contributed by atoms with Crippen LogP contribution in [0.5, 0.6) is 0 Å². The number of fused-ring (bicyclic) bond motifs is 3. The van der Waals surface area contributed by atoms with Gasteiger partial charge in [-0.2, -0.15) is 10.4 Å². The molecule has 0 aliphatic heterocycles. The predicted octanol–water partition coefficient (Wildman–Crippen LogP) is 6.52. The molecule has 3 aromatic heterocycles. The van der Waals surface area contributed by atoms with Crippen LogP contribution in [0.3, 0.4) is 0 Å². The number of aromatic amines is 1. The summed E-state index contributed by atoms with van der Waals surface area (Å²) in [5.41, 5.74) is 3.85. The molecule has 0 saturated heterocycles. The number of allylic oxidation sites excluding steroid dienone is 1. The quantitative estimate of drug-likeness (QED) is 0.179. The summed E-state index contributed by atoms with van der Waals surface area (Å²) in [7, 11) is 0. The van der Waals surface area contributed by atoms with Crippen molar-refractivity contribution in [2.24, 2.45) is 0 Å². The molecule has 166 valence electrons. The van der Waals surface area contributed by atoms with Crippen LogP contribution in [0.15, 0.2) is 93.6 Å². The molecule has 0 atom stereocenters. The molecule has 6 nitrogen and oxygen atoms in total. The lowest BCUT2D eigenvalue weighted by Crippen LogP contribution is -2.03. The first-order valence-corrected chi connectivity index (χ1v) is 11.7. The molecule has 6 rings (SSSR count). The molecule has 7 heteroatoms. The van der Waals surface area contributed by atoms with Gasteiger partial charge in [0.15, 0.2) is 0 Å². The van der Waals surface area contributed by atoms with Crippen molar-refractivity contribution < 1.29 is 4.42 Å². The summed E-state index contributed by atoms with van der Waals surface area (Å²) in [6, 6.07) is 25.5. The van der Waals surface area contributed by atoms with E-state index >= 15 is 0 Å². The molecule has 0 aliphatic carbocycles. The Labute approximate surface area is 203 Å². The highest BCUT2D eigenvalue weighted by Crippen LogP contribution is 2.31. The molecular weight excluding hydrogens is 456 g/mol. The number of nitrogens with one attached hydrogen (secondary N) is 1. The van der Waals surface area contributed by atoms with Crippen molar-refractivity contribution in [3.05, 3.63) is 105 Å². The van der Waals surface area contributed by atoms with Crippen LogP contribution in [0.4, 0.5) is 0 Å². The maximum absolute atomic E-state index is 12.8. The second kappa shape index (κ2) is 8.52. The minimum absolute atomic E-state index is 0.363. The number of H-pyrrole nitrogens is 1. The normalized spacial score (nSPS) is 11.7. The van der Waals surface area contributed by atoms with Crippen molar-refractivity contribution in [1.29, 1.82) is 5.26 Å². The van der Waals surface area contributed by atoms with E-state index in [1.54, 1.807) is 23.7 Å². The Balaban J connectivity index is 1.43. The summed E-state index contributed by atoms with van der Waals surface area (Å²) < 4.78 is 5.62. The minimum Gasteiger partial charge on any atom is -0.422 e. The summed E-state index contributed by atoms with van der Waals surface area (Å²) in [5, 5.41) is 22.2. The fourth-order valence-electron chi connectivity index (χ4n) is 4.11. The highest BCUT2D eigenvalue weighted by Gasteiger charge is 2.16. The van der Waals surface area contributed by atoms with E-state index < -0.39 is 5.63 Å². The van der Waals surface area contributed by atoms with Crippen molar-refractivity contribution in [3.63, 3.8) is 0 Å². The molecule has 0 amide bonds. The first kappa shape index (κ1) is 20.8. The number of benzene rings is 3. The van der Waals surface area contributed by atoms with Gasteiger partial charge in [-0.3, -0.25) is 5.10 Å². The van der Waals surface area contributed by atoms with E-state index in [1.165, 1.54) is 11.3 Å². The first-order valence-electron chi connectivity index (χ1n) is 10.8. The molecule has 0 unspecified atom stereocenters. The summed E-state index contributed by atoms with van der Waals surface area (Å²) >= 11 is 1.31. The summed E-state index contributed by atoms with van der Waals surface area (Å²) in [6.45, 7) is 0. The number of nitriles is 1. The fourth-order valence-corrected chi connectivity index (χ4v) is 4.90. The van der Waals surface area contributed by atoms with Crippen LogP contribution >= 0.6 is 11.3 Å². The van der Waals surface area contributed by atoms with Crippen molar-refractivity contribution in [2.75, 3.05) is 0 Å². The SMILES string of the molecule is N#CC(=Cc1cn[nH]c1-c1ccccc1)c1nc(-c2cc3c(ccc4ccccc43)oc2=O)cs1. The van der Waals surface area contributed by atoms with Gasteiger partial charge in [-0.1, -0.05) is 60.7 Å².